The first-order valence-corrected chi connectivity index (χ1v) is 8.49. The molecular formula is C19H18F2N4O3. The Balaban J connectivity index is 1.83. The number of aromatic nitrogens is 2. The highest BCUT2D eigenvalue weighted by atomic mass is 19.3. The first kappa shape index (κ1) is 19.3. The van der Waals surface area contributed by atoms with Crippen LogP contribution in [0.2, 0.25) is 0 Å². The molecule has 2 aromatic heterocycles. The van der Waals surface area contributed by atoms with Crippen LogP contribution in [0.15, 0.2) is 47.7 Å². The summed E-state index contributed by atoms with van der Waals surface area (Å²) in [7, 11) is 0. The van der Waals surface area contributed by atoms with Gasteiger partial charge in [-0.25, -0.2) is 10.4 Å². The number of carbonyl (C=O) groups excluding carboxylic acids is 1. The molecule has 0 aliphatic rings. The number of pyridine rings is 1. The van der Waals surface area contributed by atoms with Gasteiger partial charge in [0, 0.05) is 11.8 Å². The molecule has 0 aliphatic heterocycles. The predicted molar refractivity (Wildman–Crippen MR) is 99.2 cm³/mol. The third-order valence-electron chi connectivity index (χ3n) is 3.81. The molecule has 0 aliphatic carbocycles. The lowest BCUT2D eigenvalue weighted by Crippen LogP contribution is -2.20. The molecule has 28 heavy (non-hydrogen) atoms. The van der Waals surface area contributed by atoms with E-state index in [1.54, 1.807) is 42.6 Å². The Hall–Kier alpha value is -3.49. The lowest BCUT2D eigenvalue weighted by molar-refractivity contribution is -0.0515. The van der Waals surface area contributed by atoms with Crippen molar-refractivity contribution in [2.45, 2.75) is 20.5 Å². The second-order valence-electron chi connectivity index (χ2n) is 5.66. The zero-order chi connectivity index (χ0) is 20.1. The van der Waals surface area contributed by atoms with Gasteiger partial charge in [-0.15, -0.1) is 0 Å². The molecule has 0 radical (unpaired) electrons. The van der Waals surface area contributed by atoms with Gasteiger partial charge in [-0.05, 0) is 38.1 Å². The standard InChI is InChI=1S/C19H18F2N4O3/c1-3-27-14-8-6-7-13(17(14)28-19(20)21)11-22-24-18(26)16-12(2)23-15-9-4-5-10-25(15)16/h4-11,19H,3H2,1-2H3,(H,24,26)/b22-11-. The number of nitrogens with one attached hydrogen (secondary N) is 1. The molecular weight excluding hydrogens is 370 g/mol. The zero-order valence-electron chi connectivity index (χ0n) is 15.2. The molecule has 1 amide bonds. The van der Waals surface area contributed by atoms with Gasteiger partial charge in [0.25, 0.3) is 5.91 Å². The van der Waals surface area contributed by atoms with E-state index >= 15 is 0 Å². The van der Waals surface area contributed by atoms with E-state index in [1.165, 1.54) is 18.3 Å². The van der Waals surface area contributed by atoms with Gasteiger partial charge in [0.15, 0.2) is 11.5 Å². The number of rotatable bonds is 7. The molecule has 146 valence electrons. The molecule has 0 bridgehead atoms. The summed E-state index contributed by atoms with van der Waals surface area (Å²) in [6.45, 7) is 0.700. The summed E-state index contributed by atoms with van der Waals surface area (Å²) in [6.07, 6.45) is 2.94. The van der Waals surface area contributed by atoms with Crippen LogP contribution >= 0.6 is 0 Å². The highest BCUT2D eigenvalue weighted by molar-refractivity contribution is 5.95. The van der Waals surface area contributed by atoms with Gasteiger partial charge < -0.3 is 9.47 Å². The highest BCUT2D eigenvalue weighted by Gasteiger charge is 2.17. The molecule has 7 nitrogen and oxygen atoms in total. The maximum atomic E-state index is 12.7. The molecule has 0 fully saturated rings. The summed E-state index contributed by atoms with van der Waals surface area (Å²) < 4.78 is 37.0. The van der Waals surface area contributed by atoms with Crippen molar-refractivity contribution < 1.29 is 23.0 Å². The van der Waals surface area contributed by atoms with Gasteiger partial charge in [-0.3, -0.25) is 9.20 Å². The number of nitrogens with zero attached hydrogens (tertiary/aromatic N) is 3. The summed E-state index contributed by atoms with van der Waals surface area (Å²) in [5.74, 6) is -0.469. The topological polar surface area (TPSA) is 77.2 Å². The number of benzene rings is 1. The Labute approximate surface area is 159 Å². The molecule has 0 saturated carbocycles. The van der Waals surface area contributed by atoms with Crippen molar-refractivity contribution in [3.8, 4) is 11.5 Å². The summed E-state index contributed by atoms with van der Waals surface area (Å²) >= 11 is 0. The molecule has 0 saturated heterocycles. The summed E-state index contributed by atoms with van der Waals surface area (Å²) in [6, 6.07) is 10.0. The predicted octanol–water partition coefficient (Wildman–Crippen LogP) is 3.41. The number of aryl methyl sites for hydroxylation is 1. The van der Waals surface area contributed by atoms with Gasteiger partial charge in [-0.1, -0.05) is 12.1 Å². The van der Waals surface area contributed by atoms with E-state index in [0.717, 1.165) is 0 Å². The zero-order valence-corrected chi connectivity index (χ0v) is 15.2. The van der Waals surface area contributed by atoms with Crippen LogP contribution in [0.5, 0.6) is 11.5 Å². The number of hydrazone groups is 1. The van der Waals surface area contributed by atoms with Crippen molar-refractivity contribution in [3.63, 3.8) is 0 Å². The van der Waals surface area contributed by atoms with Crippen LogP contribution in [-0.4, -0.2) is 34.7 Å². The monoisotopic (exact) mass is 388 g/mol. The lowest BCUT2D eigenvalue weighted by Gasteiger charge is -2.13. The number of fused-ring (bicyclic) bond motifs is 1. The van der Waals surface area contributed by atoms with E-state index < -0.39 is 12.5 Å². The lowest BCUT2D eigenvalue weighted by atomic mass is 10.2. The Morgan fingerprint density at radius 1 is 1.32 bits per heavy atom. The minimum absolute atomic E-state index is 0.150. The van der Waals surface area contributed by atoms with E-state index in [9.17, 15) is 13.6 Å². The number of imidazole rings is 1. The number of hydrogen-bond donors (Lipinski definition) is 1. The van der Waals surface area contributed by atoms with Crippen LogP contribution in [0.1, 0.15) is 28.7 Å². The second kappa shape index (κ2) is 8.47. The maximum absolute atomic E-state index is 12.7. The number of halogens is 2. The van der Waals surface area contributed by atoms with Crippen LogP contribution < -0.4 is 14.9 Å². The first-order chi connectivity index (χ1) is 13.5. The fraction of sp³-hybridized carbons (Fsp3) is 0.211. The van der Waals surface area contributed by atoms with Crippen LogP contribution in [0.3, 0.4) is 0 Å². The smallest absolute Gasteiger partial charge is 0.387 e. The minimum atomic E-state index is -3.02. The summed E-state index contributed by atoms with van der Waals surface area (Å²) in [5.41, 5.74) is 4.13. The molecule has 0 spiro atoms. The molecule has 0 atom stereocenters. The average molecular weight is 388 g/mol. The number of ether oxygens (including phenoxy) is 2. The maximum Gasteiger partial charge on any atom is 0.387 e. The highest BCUT2D eigenvalue weighted by Crippen LogP contribution is 2.31. The molecule has 1 aromatic carbocycles. The van der Waals surface area contributed by atoms with E-state index in [4.69, 9.17) is 4.74 Å². The molecule has 3 rings (SSSR count). The van der Waals surface area contributed by atoms with Crippen molar-refractivity contribution in [1.29, 1.82) is 0 Å². The Morgan fingerprint density at radius 3 is 2.89 bits per heavy atom. The van der Waals surface area contributed by atoms with Gasteiger partial charge in [0.1, 0.15) is 11.3 Å². The first-order valence-electron chi connectivity index (χ1n) is 8.49. The van der Waals surface area contributed by atoms with Crippen molar-refractivity contribution >= 4 is 17.8 Å². The number of carbonyl (C=O) groups is 1. The quantitative estimate of drug-likeness (QED) is 0.497. The number of para-hydroxylation sites is 1. The SMILES string of the molecule is CCOc1cccc(/C=N\NC(=O)c2c(C)nc3ccccn23)c1OC(F)F. The Kier molecular flexibility index (Phi) is 5.83. The van der Waals surface area contributed by atoms with Gasteiger partial charge in [0.2, 0.25) is 0 Å². The van der Waals surface area contributed by atoms with Crippen LogP contribution in [0, 0.1) is 6.92 Å². The molecule has 1 N–H and O–H groups in total. The normalized spacial score (nSPS) is 11.3. The third-order valence-corrected chi connectivity index (χ3v) is 3.81. The summed E-state index contributed by atoms with van der Waals surface area (Å²) in [5, 5.41) is 3.87. The second-order valence-corrected chi connectivity index (χ2v) is 5.66. The van der Waals surface area contributed by atoms with Crippen LogP contribution in [-0.2, 0) is 0 Å². The van der Waals surface area contributed by atoms with E-state index in [2.05, 4.69) is 20.2 Å². The fourth-order valence-electron chi connectivity index (χ4n) is 2.72. The van der Waals surface area contributed by atoms with Gasteiger partial charge >= 0.3 is 6.61 Å². The molecule has 2 heterocycles. The Morgan fingerprint density at radius 2 is 2.14 bits per heavy atom. The van der Waals surface area contributed by atoms with Crippen molar-refractivity contribution in [1.82, 2.24) is 14.8 Å². The van der Waals surface area contributed by atoms with Gasteiger partial charge in [0.05, 0.1) is 18.5 Å². The minimum Gasteiger partial charge on any atom is -0.490 e. The molecule has 0 unspecified atom stereocenters. The van der Waals surface area contributed by atoms with Crippen LogP contribution in [0.4, 0.5) is 8.78 Å². The van der Waals surface area contributed by atoms with Crippen LogP contribution in [0.25, 0.3) is 5.65 Å². The number of amides is 1. The largest absolute Gasteiger partial charge is 0.490 e. The van der Waals surface area contributed by atoms with Crippen molar-refractivity contribution in [2.24, 2.45) is 5.10 Å². The molecule has 3 aromatic rings. The third kappa shape index (κ3) is 4.08. The average Bonchev–Trinajstić information content (AvgIpc) is 2.99. The van der Waals surface area contributed by atoms with E-state index in [0.29, 0.717) is 17.0 Å². The Bertz CT molecular complexity index is 1020. The number of alkyl halides is 2. The van der Waals surface area contributed by atoms with E-state index in [-0.39, 0.29) is 23.7 Å². The van der Waals surface area contributed by atoms with Gasteiger partial charge in [-0.2, -0.15) is 13.9 Å². The van der Waals surface area contributed by atoms with Crippen molar-refractivity contribution in [2.75, 3.05) is 6.61 Å². The number of hydrogen-bond acceptors (Lipinski definition) is 5. The van der Waals surface area contributed by atoms with E-state index in [1.807, 2.05) is 6.07 Å². The molecule has 9 heteroatoms. The fourth-order valence-corrected chi connectivity index (χ4v) is 2.72. The van der Waals surface area contributed by atoms with Crippen molar-refractivity contribution in [3.05, 3.63) is 59.5 Å². The summed E-state index contributed by atoms with van der Waals surface area (Å²) in [4.78, 5) is 16.8.